The van der Waals surface area contributed by atoms with Gasteiger partial charge in [0, 0.05) is 19.0 Å². The van der Waals surface area contributed by atoms with E-state index in [1.54, 1.807) is 24.3 Å². The lowest BCUT2D eigenvalue weighted by Crippen LogP contribution is -2.26. The number of H-pyrrole nitrogens is 1. The van der Waals surface area contributed by atoms with E-state index < -0.39 is 0 Å². The Morgan fingerprint density at radius 1 is 1.32 bits per heavy atom. The van der Waals surface area contributed by atoms with E-state index in [-0.39, 0.29) is 5.91 Å². The van der Waals surface area contributed by atoms with E-state index in [2.05, 4.69) is 20.3 Å². The molecule has 0 saturated heterocycles. The van der Waals surface area contributed by atoms with Crippen LogP contribution >= 0.6 is 0 Å². The molecule has 0 bridgehead atoms. The van der Waals surface area contributed by atoms with Crippen LogP contribution in [0.3, 0.4) is 0 Å². The highest BCUT2D eigenvalue weighted by Crippen LogP contribution is 2.39. The molecule has 1 aliphatic carbocycles. The van der Waals surface area contributed by atoms with Crippen molar-refractivity contribution in [2.45, 2.75) is 31.8 Å². The molecule has 28 heavy (non-hydrogen) atoms. The van der Waals surface area contributed by atoms with Crippen LogP contribution in [0, 0.1) is 0 Å². The summed E-state index contributed by atoms with van der Waals surface area (Å²) in [6.07, 6.45) is 4.16. The average Bonchev–Trinajstić information content (AvgIpc) is 3.11. The smallest absolute Gasteiger partial charge is 0.276 e. The summed E-state index contributed by atoms with van der Waals surface area (Å²) in [5.41, 5.74) is 4.24. The van der Waals surface area contributed by atoms with Crippen LogP contribution in [0.4, 0.5) is 0 Å². The quantitative estimate of drug-likeness (QED) is 0.558. The third kappa shape index (κ3) is 3.17. The van der Waals surface area contributed by atoms with Gasteiger partial charge >= 0.3 is 0 Å². The molecule has 1 aliphatic rings. The number of carbonyl (C=O) groups is 1. The molecule has 8 nitrogen and oxygen atoms in total. The predicted molar refractivity (Wildman–Crippen MR) is 102 cm³/mol. The van der Waals surface area contributed by atoms with Gasteiger partial charge in [-0.15, -0.1) is 0 Å². The number of amides is 1. The topological polar surface area (TPSA) is 92.8 Å². The second-order valence-electron chi connectivity index (χ2n) is 7.29. The Kier molecular flexibility index (Phi) is 3.96. The Morgan fingerprint density at radius 2 is 2.18 bits per heavy atom. The number of rotatable bonds is 6. The van der Waals surface area contributed by atoms with Crippen molar-refractivity contribution in [1.82, 2.24) is 29.8 Å². The second kappa shape index (κ2) is 6.63. The maximum Gasteiger partial charge on any atom is 0.276 e. The van der Waals surface area contributed by atoms with E-state index in [9.17, 15) is 4.79 Å². The fourth-order valence-electron chi connectivity index (χ4n) is 3.36. The van der Waals surface area contributed by atoms with Crippen LogP contribution in [-0.2, 0) is 13.1 Å². The highest BCUT2D eigenvalue weighted by atomic mass is 16.5. The van der Waals surface area contributed by atoms with Gasteiger partial charge in [-0.05, 0) is 31.0 Å². The van der Waals surface area contributed by atoms with E-state index in [0.29, 0.717) is 30.5 Å². The number of fused-ring (bicyclic) bond motifs is 1. The molecule has 1 N–H and O–H groups in total. The number of hydrogen-bond donors (Lipinski definition) is 1. The van der Waals surface area contributed by atoms with Crippen LogP contribution in [-0.4, -0.2) is 42.8 Å². The Morgan fingerprint density at radius 3 is 3.04 bits per heavy atom. The van der Waals surface area contributed by atoms with Crippen molar-refractivity contribution in [2.24, 2.45) is 0 Å². The summed E-state index contributed by atoms with van der Waals surface area (Å²) < 4.78 is 7.36. The third-order valence-corrected chi connectivity index (χ3v) is 5.03. The number of aromatic amines is 1. The molecule has 0 atom stereocenters. The number of nitrogens with zero attached hydrogens (tertiary/aromatic N) is 5. The summed E-state index contributed by atoms with van der Waals surface area (Å²) >= 11 is 0. The highest BCUT2D eigenvalue weighted by Gasteiger charge is 2.26. The Balaban J connectivity index is 1.27. The van der Waals surface area contributed by atoms with Crippen LogP contribution in [0.2, 0.25) is 0 Å². The lowest BCUT2D eigenvalue weighted by molar-refractivity contribution is 0.0773. The molecular formula is C20H20N6O2. The average molecular weight is 376 g/mol. The van der Waals surface area contributed by atoms with Crippen LogP contribution in [0.25, 0.3) is 11.0 Å². The molecule has 3 aromatic heterocycles. The summed E-state index contributed by atoms with van der Waals surface area (Å²) in [5.74, 6) is 1.01. The first kappa shape index (κ1) is 16.7. The van der Waals surface area contributed by atoms with E-state index in [4.69, 9.17) is 4.52 Å². The van der Waals surface area contributed by atoms with E-state index in [0.717, 1.165) is 22.4 Å². The Hall–Kier alpha value is -3.42. The molecule has 1 amide bonds. The normalized spacial score (nSPS) is 13.9. The molecule has 142 valence electrons. The van der Waals surface area contributed by atoms with Gasteiger partial charge in [0.05, 0.1) is 41.8 Å². The Labute approximate surface area is 161 Å². The minimum Gasteiger partial charge on any atom is -0.359 e. The van der Waals surface area contributed by atoms with Gasteiger partial charge < -0.3 is 14.0 Å². The van der Waals surface area contributed by atoms with Crippen molar-refractivity contribution in [3.05, 3.63) is 65.6 Å². The third-order valence-electron chi connectivity index (χ3n) is 5.03. The maximum atomic E-state index is 12.7. The molecule has 0 unspecified atom stereocenters. The monoisotopic (exact) mass is 376 g/mol. The van der Waals surface area contributed by atoms with Crippen molar-refractivity contribution >= 4 is 16.9 Å². The van der Waals surface area contributed by atoms with Crippen molar-refractivity contribution in [1.29, 1.82) is 0 Å². The summed E-state index contributed by atoms with van der Waals surface area (Å²) in [6, 6.07) is 11.6. The van der Waals surface area contributed by atoms with Crippen LogP contribution in [0.15, 0.2) is 47.2 Å². The molecule has 0 radical (unpaired) electrons. The van der Waals surface area contributed by atoms with Gasteiger partial charge in [-0.2, -0.15) is 5.10 Å². The summed E-state index contributed by atoms with van der Waals surface area (Å²) in [7, 11) is 1.75. The number of aromatic nitrogens is 5. The van der Waals surface area contributed by atoms with Gasteiger partial charge in [0.15, 0.2) is 11.5 Å². The van der Waals surface area contributed by atoms with Crippen molar-refractivity contribution in [3.63, 3.8) is 0 Å². The minimum absolute atomic E-state index is 0.187. The maximum absolute atomic E-state index is 12.7. The number of para-hydroxylation sites is 2. The van der Waals surface area contributed by atoms with Crippen molar-refractivity contribution in [2.75, 3.05) is 7.05 Å². The van der Waals surface area contributed by atoms with Crippen LogP contribution in [0.5, 0.6) is 0 Å². The van der Waals surface area contributed by atoms with Crippen molar-refractivity contribution in [3.8, 4) is 0 Å². The van der Waals surface area contributed by atoms with Gasteiger partial charge in [-0.1, -0.05) is 17.3 Å². The number of hydrogen-bond acceptors (Lipinski definition) is 5. The highest BCUT2D eigenvalue weighted by molar-refractivity contribution is 5.92. The second-order valence-corrected chi connectivity index (χ2v) is 7.29. The molecule has 8 heteroatoms. The van der Waals surface area contributed by atoms with Crippen LogP contribution < -0.4 is 0 Å². The summed E-state index contributed by atoms with van der Waals surface area (Å²) in [4.78, 5) is 18.7. The van der Waals surface area contributed by atoms with E-state index >= 15 is 0 Å². The number of imidazole rings is 1. The fourth-order valence-corrected chi connectivity index (χ4v) is 3.36. The molecular weight excluding hydrogens is 356 g/mol. The molecule has 1 saturated carbocycles. The number of nitrogens with one attached hydrogen (secondary N) is 1. The molecule has 1 aromatic carbocycles. The van der Waals surface area contributed by atoms with E-state index in [1.807, 2.05) is 34.9 Å². The largest absolute Gasteiger partial charge is 0.359 e. The SMILES string of the molecule is CN(Cc1cc(C2CC2)n[nH]1)C(=O)c1cc(Cn2cnc3ccccc32)on1. The van der Waals surface area contributed by atoms with Gasteiger partial charge in [0.2, 0.25) is 0 Å². The molecule has 5 rings (SSSR count). The first-order chi connectivity index (χ1) is 13.7. The number of benzene rings is 1. The zero-order chi connectivity index (χ0) is 19.1. The molecule has 4 aromatic rings. The number of carbonyl (C=O) groups excluding carboxylic acids is 1. The lowest BCUT2D eigenvalue weighted by Gasteiger charge is -2.13. The Bertz CT molecular complexity index is 1140. The molecule has 0 spiro atoms. The van der Waals surface area contributed by atoms with Gasteiger partial charge in [-0.3, -0.25) is 9.89 Å². The molecule has 1 fully saturated rings. The lowest BCUT2D eigenvalue weighted by atomic mass is 10.2. The zero-order valence-electron chi connectivity index (χ0n) is 15.5. The minimum atomic E-state index is -0.187. The first-order valence-electron chi connectivity index (χ1n) is 9.32. The predicted octanol–water partition coefficient (Wildman–Crippen LogP) is 2.95. The van der Waals surface area contributed by atoms with Gasteiger partial charge in [0.1, 0.15) is 0 Å². The summed E-state index contributed by atoms with van der Waals surface area (Å²) in [5, 5.41) is 11.3. The standard InChI is InChI=1S/C20H20N6O2/c1-25(10-14-8-17(23-22-14)13-6-7-13)20(27)18-9-15(28-24-18)11-26-12-21-16-4-2-3-5-19(16)26/h2-5,8-9,12-13H,6-7,10-11H2,1H3,(H,22,23). The molecule has 0 aliphatic heterocycles. The van der Waals surface area contributed by atoms with Crippen LogP contribution in [0.1, 0.15) is 46.4 Å². The summed E-state index contributed by atoms with van der Waals surface area (Å²) in [6.45, 7) is 0.919. The molecule has 3 heterocycles. The fraction of sp³-hybridized carbons (Fsp3) is 0.300. The van der Waals surface area contributed by atoms with Gasteiger partial charge in [0.25, 0.3) is 5.91 Å². The zero-order valence-corrected chi connectivity index (χ0v) is 15.5. The van der Waals surface area contributed by atoms with Gasteiger partial charge in [-0.25, -0.2) is 4.98 Å². The van der Waals surface area contributed by atoms with Crippen molar-refractivity contribution < 1.29 is 9.32 Å². The first-order valence-corrected chi connectivity index (χ1v) is 9.32. The van der Waals surface area contributed by atoms with E-state index in [1.165, 1.54) is 12.8 Å².